The van der Waals surface area contributed by atoms with E-state index in [-0.39, 0.29) is 18.3 Å². The van der Waals surface area contributed by atoms with E-state index in [1.165, 1.54) is 0 Å². The first kappa shape index (κ1) is 20.3. The fourth-order valence-corrected chi connectivity index (χ4v) is 3.66. The van der Waals surface area contributed by atoms with Crippen LogP contribution >= 0.6 is 0 Å². The monoisotopic (exact) mass is 400 g/mol. The van der Waals surface area contributed by atoms with Crippen LogP contribution in [0.5, 0.6) is 5.75 Å². The van der Waals surface area contributed by atoms with E-state index < -0.39 is 12.1 Å². The molecular formula is C23H28O6. The summed E-state index contributed by atoms with van der Waals surface area (Å²) in [5.41, 5.74) is 2.17. The van der Waals surface area contributed by atoms with Gasteiger partial charge in [0.25, 0.3) is 0 Å². The Bertz CT molecular complexity index is 776. The van der Waals surface area contributed by atoms with E-state index >= 15 is 0 Å². The third kappa shape index (κ3) is 4.97. The highest BCUT2D eigenvalue weighted by Crippen LogP contribution is 2.39. The Labute approximate surface area is 171 Å². The minimum absolute atomic E-state index is 0.261. The number of hydrogen-bond donors (Lipinski definition) is 0. The lowest BCUT2D eigenvalue weighted by Gasteiger charge is -2.26. The molecule has 2 aliphatic rings. The normalized spacial score (nSPS) is 27.7. The van der Waals surface area contributed by atoms with Crippen LogP contribution in [0.25, 0.3) is 0 Å². The summed E-state index contributed by atoms with van der Waals surface area (Å²) in [7, 11) is 1.65. The van der Waals surface area contributed by atoms with Crippen molar-refractivity contribution in [2.45, 2.75) is 57.5 Å². The van der Waals surface area contributed by atoms with Crippen LogP contribution in [-0.2, 0) is 36.9 Å². The fourth-order valence-electron chi connectivity index (χ4n) is 3.66. The van der Waals surface area contributed by atoms with Crippen molar-refractivity contribution in [3.63, 3.8) is 0 Å². The van der Waals surface area contributed by atoms with E-state index in [9.17, 15) is 0 Å². The summed E-state index contributed by atoms with van der Waals surface area (Å²) in [5.74, 6) is 0.144. The molecule has 2 aromatic carbocycles. The fraction of sp³-hybridized carbons (Fsp3) is 0.478. The Morgan fingerprint density at radius 1 is 0.897 bits per heavy atom. The topological polar surface area (TPSA) is 55.4 Å². The van der Waals surface area contributed by atoms with Crippen molar-refractivity contribution in [1.29, 1.82) is 0 Å². The standard InChI is InChI=1S/C23H28O6/c1-23(2)28-21-20(26-14-16-7-5-4-6-8-16)19(27-22(21)29-23)15-25-13-17-9-11-18(24-3)12-10-17/h4-12,19-22H,13-15H2,1-3H3/t19-,20+,21-,22+/m1/s1. The Morgan fingerprint density at radius 2 is 1.62 bits per heavy atom. The molecule has 0 aromatic heterocycles. The predicted octanol–water partition coefficient (Wildman–Crippen LogP) is 3.67. The van der Waals surface area contributed by atoms with Gasteiger partial charge in [-0.3, -0.25) is 0 Å². The summed E-state index contributed by atoms with van der Waals surface area (Å²) in [4.78, 5) is 0. The molecule has 0 N–H and O–H groups in total. The lowest BCUT2D eigenvalue weighted by molar-refractivity contribution is -0.225. The maximum absolute atomic E-state index is 6.22. The number of benzene rings is 2. The van der Waals surface area contributed by atoms with Gasteiger partial charge in [0, 0.05) is 0 Å². The molecule has 4 rings (SSSR count). The maximum Gasteiger partial charge on any atom is 0.190 e. The van der Waals surface area contributed by atoms with Gasteiger partial charge in [0.1, 0.15) is 24.1 Å². The van der Waals surface area contributed by atoms with Gasteiger partial charge >= 0.3 is 0 Å². The molecule has 0 aliphatic carbocycles. The molecule has 2 aliphatic heterocycles. The number of hydrogen-bond acceptors (Lipinski definition) is 6. The summed E-state index contributed by atoms with van der Waals surface area (Å²) < 4.78 is 35.3. The van der Waals surface area contributed by atoms with Gasteiger partial charge in [0.15, 0.2) is 12.1 Å². The number of fused-ring (bicyclic) bond motifs is 1. The highest BCUT2D eigenvalue weighted by molar-refractivity contribution is 5.26. The van der Waals surface area contributed by atoms with E-state index in [4.69, 9.17) is 28.4 Å². The van der Waals surface area contributed by atoms with Crippen molar-refractivity contribution in [2.24, 2.45) is 0 Å². The van der Waals surface area contributed by atoms with Gasteiger partial charge in [-0.2, -0.15) is 0 Å². The lowest BCUT2D eigenvalue weighted by atomic mass is 10.1. The third-order valence-corrected chi connectivity index (χ3v) is 5.08. The zero-order chi connectivity index (χ0) is 20.3. The molecular weight excluding hydrogens is 372 g/mol. The highest BCUT2D eigenvalue weighted by atomic mass is 16.8. The van der Waals surface area contributed by atoms with Gasteiger partial charge < -0.3 is 28.4 Å². The van der Waals surface area contributed by atoms with Crippen LogP contribution in [0.3, 0.4) is 0 Å². The Balaban J connectivity index is 1.36. The van der Waals surface area contributed by atoms with Crippen LogP contribution in [-0.4, -0.2) is 44.1 Å². The van der Waals surface area contributed by atoms with Crippen LogP contribution in [0.15, 0.2) is 54.6 Å². The number of ether oxygens (including phenoxy) is 6. The SMILES string of the molecule is COc1ccc(COC[C@H]2O[C@H]3OC(C)(C)O[C@@H]3[C@H]2OCc2ccccc2)cc1. The first-order chi connectivity index (χ1) is 14.0. The van der Waals surface area contributed by atoms with Crippen LogP contribution in [0.1, 0.15) is 25.0 Å². The molecule has 2 fully saturated rings. The first-order valence-corrected chi connectivity index (χ1v) is 9.91. The van der Waals surface area contributed by atoms with E-state index in [0.29, 0.717) is 19.8 Å². The molecule has 0 unspecified atom stereocenters. The summed E-state index contributed by atoms with van der Waals surface area (Å²) in [6.45, 7) is 5.14. The van der Waals surface area contributed by atoms with E-state index in [2.05, 4.69) is 0 Å². The van der Waals surface area contributed by atoms with Gasteiger partial charge in [0.2, 0.25) is 0 Å². The molecule has 29 heavy (non-hydrogen) atoms. The van der Waals surface area contributed by atoms with Crippen molar-refractivity contribution in [1.82, 2.24) is 0 Å². The lowest BCUT2D eigenvalue weighted by Crippen LogP contribution is -2.38. The van der Waals surface area contributed by atoms with E-state index in [1.807, 2.05) is 68.4 Å². The third-order valence-electron chi connectivity index (χ3n) is 5.08. The Hall–Kier alpha value is -1.96. The molecule has 6 nitrogen and oxygen atoms in total. The summed E-state index contributed by atoms with van der Waals surface area (Å²) in [5, 5.41) is 0. The van der Waals surface area contributed by atoms with Crippen molar-refractivity contribution < 1.29 is 28.4 Å². The Kier molecular flexibility index (Phi) is 6.18. The van der Waals surface area contributed by atoms with Gasteiger partial charge in [-0.05, 0) is 37.1 Å². The van der Waals surface area contributed by atoms with Crippen LogP contribution < -0.4 is 4.74 Å². The van der Waals surface area contributed by atoms with Crippen molar-refractivity contribution in [3.05, 3.63) is 65.7 Å². The smallest absolute Gasteiger partial charge is 0.190 e. The van der Waals surface area contributed by atoms with Gasteiger partial charge in [0.05, 0.1) is 26.9 Å². The van der Waals surface area contributed by atoms with Gasteiger partial charge in [-0.25, -0.2) is 0 Å². The zero-order valence-electron chi connectivity index (χ0n) is 17.1. The summed E-state index contributed by atoms with van der Waals surface area (Å²) >= 11 is 0. The van der Waals surface area contributed by atoms with E-state index in [0.717, 1.165) is 16.9 Å². The largest absolute Gasteiger partial charge is 0.497 e. The molecule has 6 heteroatoms. The van der Waals surface area contributed by atoms with Crippen LogP contribution in [0.2, 0.25) is 0 Å². The highest BCUT2D eigenvalue weighted by Gasteiger charge is 2.55. The van der Waals surface area contributed by atoms with Crippen LogP contribution in [0, 0.1) is 0 Å². The Morgan fingerprint density at radius 3 is 2.34 bits per heavy atom. The molecule has 0 bridgehead atoms. The van der Waals surface area contributed by atoms with E-state index in [1.54, 1.807) is 7.11 Å². The molecule has 156 valence electrons. The minimum Gasteiger partial charge on any atom is -0.497 e. The first-order valence-electron chi connectivity index (χ1n) is 9.91. The zero-order valence-corrected chi connectivity index (χ0v) is 17.1. The maximum atomic E-state index is 6.22. The quantitative estimate of drug-likeness (QED) is 0.674. The average Bonchev–Trinajstić information content (AvgIpc) is 3.19. The molecule has 4 atom stereocenters. The second-order valence-corrected chi connectivity index (χ2v) is 7.77. The van der Waals surface area contributed by atoms with Crippen molar-refractivity contribution in [3.8, 4) is 5.75 Å². The van der Waals surface area contributed by atoms with Crippen molar-refractivity contribution in [2.75, 3.05) is 13.7 Å². The predicted molar refractivity (Wildman–Crippen MR) is 106 cm³/mol. The molecule has 2 aromatic rings. The summed E-state index contributed by atoms with van der Waals surface area (Å²) in [6, 6.07) is 17.9. The number of methoxy groups -OCH3 is 1. The second-order valence-electron chi connectivity index (χ2n) is 7.77. The van der Waals surface area contributed by atoms with Gasteiger partial charge in [-0.15, -0.1) is 0 Å². The molecule has 0 spiro atoms. The average molecular weight is 400 g/mol. The number of rotatable bonds is 8. The summed E-state index contributed by atoms with van der Waals surface area (Å²) in [6.07, 6.45) is -1.25. The molecule has 0 amide bonds. The molecule has 2 saturated heterocycles. The minimum atomic E-state index is -0.682. The molecule has 0 radical (unpaired) electrons. The van der Waals surface area contributed by atoms with Crippen LogP contribution in [0.4, 0.5) is 0 Å². The molecule has 2 heterocycles. The second kappa shape index (κ2) is 8.81. The molecule has 0 saturated carbocycles. The van der Waals surface area contributed by atoms with Crippen molar-refractivity contribution >= 4 is 0 Å². The van der Waals surface area contributed by atoms with Gasteiger partial charge in [-0.1, -0.05) is 42.5 Å².